The summed E-state index contributed by atoms with van der Waals surface area (Å²) in [5, 5.41) is 0. The molecule has 1 aromatic heterocycles. The van der Waals surface area contributed by atoms with Crippen LogP contribution in [0.25, 0.3) is 0 Å². The molecule has 4 heteroatoms. The van der Waals surface area contributed by atoms with Crippen molar-refractivity contribution in [1.29, 1.82) is 0 Å². The fourth-order valence-corrected chi connectivity index (χ4v) is 1.37. The minimum atomic E-state index is 0.112. The van der Waals surface area contributed by atoms with Crippen LogP contribution in [0.2, 0.25) is 0 Å². The number of hydrogen-bond acceptors (Lipinski definition) is 3. The maximum absolute atomic E-state index is 5.48. The molecule has 0 bridgehead atoms. The van der Waals surface area contributed by atoms with E-state index in [1.165, 1.54) is 0 Å². The highest BCUT2D eigenvalue weighted by Gasteiger charge is 2.17. The molecule has 0 amide bonds. The second-order valence-corrected chi connectivity index (χ2v) is 3.51. The summed E-state index contributed by atoms with van der Waals surface area (Å²) >= 11 is 3.26. The van der Waals surface area contributed by atoms with Crippen LogP contribution in [0, 0.1) is 0 Å². The Morgan fingerprint density at radius 3 is 3.25 bits per heavy atom. The summed E-state index contributed by atoms with van der Waals surface area (Å²) in [6.07, 6.45) is 1.77. The first-order chi connectivity index (χ1) is 5.75. The van der Waals surface area contributed by atoms with Crippen molar-refractivity contribution in [3.05, 3.63) is 16.9 Å². The van der Waals surface area contributed by atoms with Crippen molar-refractivity contribution in [2.75, 3.05) is 6.61 Å². The van der Waals surface area contributed by atoms with Gasteiger partial charge in [0.15, 0.2) is 11.5 Å². The summed E-state index contributed by atoms with van der Waals surface area (Å²) < 4.78 is 11.7. The van der Waals surface area contributed by atoms with Crippen LogP contribution in [0.5, 0.6) is 11.5 Å². The molecule has 0 aliphatic carbocycles. The molecule has 64 valence electrons. The fourth-order valence-electron chi connectivity index (χ4n) is 1.06. The molecule has 0 spiro atoms. The summed E-state index contributed by atoms with van der Waals surface area (Å²) in [7, 11) is 0. The van der Waals surface area contributed by atoms with E-state index in [2.05, 4.69) is 20.9 Å². The second-order valence-electron chi connectivity index (χ2n) is 2.69. The maximum atomic E-state index is 5.48. The van der Waals surface area contributed by atoms with Gasteiger partial charge in [-0.2, -0.15) is 0 Å². The highest BCUT2D eigenvalue weighted by molar-refractivity contribution is 9.10. The quantitative estimate of drug-likeness (QED) is 0.639. The van der Waals surface area contributed by atoms with Crippen LogP contribution in [-0.2, 0) is 0 Å². The number of fused-ring (bicyclic) bond motifs is 1. The van der Waals surface area contributed by atoms with Crippen molar-refractivity contribution >= 4 is 15.9 Å². The van der Waals surface area contributed by atoms with E-state index in [4.69, 9.17) is 9.47 Å². The molecule has 0 saturated carbocycles. The average Bonchev–Trinajstić information content (AvgIpc) is 2.05. The zero-order chi connectivity index (χ0) is 8.55. The highest BCUT2D eigenvalue weighted by Crippen LogP contribution is 2.32. The van der Waals surface area contributed by atoms with Crippen LogP contribution in [0.1, 0.15) is 6.92 Å². The molecule has 1 aliphatic heterocycles. The average molecular weight is 230 g/mol. The first-order valence-electron chi connectivity index (χ1n) is 3.71. The van der Waals surface area contributed by atoms with E-state index in [-0.39, 0.29) is 6.10 Å². The predicted molar refractivity (Wildman–Crippen MR) is 47.5 cm³/mol. The van der Waals surface area contributed by atoms with Crippen molar-refractivity contribution in [3.63, 3.8) is 0 Å². The normalized spacial score (nSPS) is 20.7. The molecule has 1 aromatic rings. The van der Waals surface area contributed by atoms with Gasteiger partial charge in [-0.15, -0.1) is 0 Å². The molecule has 1 aliphatic rings. The van der Waals surface area contributed by atoms with E-state index in [9.17, 15) is 0 Å². The Labute approximate surface area is 78.8 Å². The van der Waals surface area contributed by atoms with Crippen molar-refractivity contribution in [2.45, 2.75) is 13.0 Å². The highest BCUT2D eigenvalue weighted by atomic mass is 79.9. The summed E-state index contributed by atoms with van der Waals surface area (Å²) in [5.74, 6) is 1.48. The third-order valence-electron chi connectivity index (χ3n) is 1.60. The first-order valence-corrected chi connectivity index (χ1v) is 4.50. The Balaban J connectivity index is 2.37. The van der Waals surface area contributed by atoms with Gasteiger partial charge in [-0.25, -0.2) is 4.98 Å². The minimum Gasteiger partial charge on any atom is -0.486 e. The number of nitrogens with zero attached hydrogens (tertiary/aromatic N) is 1. The number of pyridine rings is 1. The first kappa shape index (κ1) is 7.86. The van der Waals surface area contributed by atoms with Crippen LogP contribution in [0.3, 0.4) is 0 Å². The largest absolute Gasteiger partial charge is 0.486 e. The molecule has 3 nitrogen and oxygen atoms in total. The topological polar surface area (TPSA) is 31.4 Å². The van der Waals surface area contributed by atoms with E-state index in [0.29, 0.717) is 6.61 Å². The van der Waals surface area contributed by atoms with E-state index in [0.717, 1.165) is 16.1 Å². The zero-order valence-corrected chi connectivity index (χ0v) is 8.17. The number of halogens is 1. The van der Waals surface area contributed by atoms with Crippen LogP contribution in [0.15, 0.2) is 16.9 Å². The molecule has 2 rings (SSSR count). The lowest BCUT2D eigenvalue weighted by molar-refractivity contribution is 0.103. The van der Waals surface area contributed by atoms with Gasteiger partial charge in [-0.1, -0.05) is 0 Å². The molecular formula is C8H8BrNO2. The van der Waals surface area contributed by atoms with Crippen molar-refractivity contribution < 1.29 is 9.47 Å². The molecule has 2 heterocycles. The van der Waals surface area contributed by atoms with Crippen LogP contribution in [-0.4, -0.2) is 17.7 Å². The summed E-state index contributed by atoms with van der Waals surface area (Å²) in [6, 6.07) is 1.81. The number of hydrogen-bond donors (Lipinski definition) is 0. The van der Waals surface area contributed by atoms with Gasteiger partial charge in [-0.3, -0.25) is 0 Å². The number of aromatic nitrogens is 1. The standard InChI is InChI=1S/C8H8BrNO2/c1-5-4-11-6-2-8(9)10-3-7(6)12-5/h2-3,5H,4H2,1H3. The predicted octanol–water partition coefficient (Wildman–Crippen LogP) is 2.00. The third-order valence-corrected chi connectivity index (χ3v) is 2.03. The lowest BCUT2D eigenvalue weighted by Crippen LogP contribution is -2.25. The summed E-state index contributed by atoms with van der Waals surface area (Å²) in [6.45, 7) is 2.56. The van der Waals surface area contributed by atoms with Crippen molar-refractivity contribution in [3.8, 4) is 11.5 Å². The molecule has 1 unspecified atom stereocenters. The van der Waals surface area contributed by atoms with Crippen LogP contribution >= 0.6 is 15.9 Å². The van der Waals surface area contributed by atoms with E-state index in [1.54, 1.807) is 12.3 Å². The molecule has 0 aromatic carbocycles. The van der Waals surface area contributed by atoms with Crippen molar-refractivity contribution in [2.24, 2.45) is 0 Å². The Morgan fingerprint density at radius 1 is 1.58 bits per heavy atom. The van der Waals surface area contributed by atoms with E-state index < -0.39 is 0 Å². The monoisotopic (exact) mass is 229 g/mol. The van der Waals surface area contributed by atoms with Gasteiger partial charge in [0.1, 0.15) is 17.3 Å². The molecule has 0 saturated heterocycles. The molecule has 0 fully saturated rings. The van der Waals surface area contributed by atoms with Gasteiger partial charge >= 0.3 is 0 Å². The smallest absolute Gasteiger partial charge is 0.180 e. The second kappa shape index (κ2) is 2.94. The molecule has 0 N–H and O–H groups in total. The maximum Gasteiger partial charge on any atom is 0.180 e. The SMILES string of the molecule is CC1COc2cc(Br)ncc2O1. The van der Waals surface area contributed by atoms with Crippen LogP contribution in [0.4, 0.5) is 0 Å². The Hall–Kier alpha value is -0.770. The van der Waals surface area contributed by atoms with E-state index in [1.807, 2.05) is 6.92 Å². The summed E-state index contributed by atoms with van der Waals surface area (Å²) in [5.41, 5.74) is 0. The number of ether oxygens (including phenoxy) is 2. The van der Waals surface area contributed by atoms with Gasteiger partial charge in [0.25, 0.3) is 0 Å². The van der Waals surface area contributed by atoms with Gasteiger partial charge < -0.3 is 9.47 Å². The Kier molecular flexibility index (Phi) is 1.92. The fraction of sp³-hybridized carbons (Fsp3) is 0.375. The third kappa shape index (κ3) is 1.39. The molecular weight excluding hydrogens is 222 g/mol. The molecule has 1 atom stereocenters. The Morgan fingerprint density at radius 2 is 2.42 bits per heavy atom. The van der Waals surface area contributed by atoms with Gasteiger partial charge in [0, 0.05) is 6.07 Å². The van der Waals surface area contributed by atoms with Gasteiger partial charge in [-0.05, 0) is 22.9 Å². The minimum absolute atomic E-state index is 0.112. The number of rotatable bonds is 0. The Bertz CT molecular complexity index is 303. The van der Waals surface area contributed by atoms with Crippen LogP contribution < -0.4 is 9.47 Å². The van der Waals surface area contributed by atoms with Gasteiger partial charge in [0.2, 0.25) is 0 Å². The lowest BCUT2D eigenvalue weighted by Gasteiger charge is -2.23. The van der Waals surface area contributed by atoms with Crippen molar-refractivity contribution in [1.82, 2.24) is 4.98 Å². The summed E-state index contributed by atoms with van der Waals surface area (Å²) in [4.78, 5) is 4.04. The van der Waals surface area contributed by atoms with E-state index >= 15 is 0 Å². The molecule has 0 radical (unpaired) electrons. The lowest BCUT2D eigenvalue weighted by atomic mass is 10.3. The zero-order valence-electron chi connectivity index (χ0n) is 6.58. The molecule has 12 heavy (non-hydrogen) atoms. The van der Waals surface area contributed by atoms with Gasteiger partial charge in [0.05, 0.1) is 6.20 Å².